The molecule has 0 spiro atoms. The monoisotopic (exact) mass is 436 g/mol. The Balaban J connectivity index is 1.31. The second kappa shape index (κ2) is 8.95. The lowest BCUT2D eigenvalue weighted by atomic mass is 10.1. The maximum absolute atomic E-state index is 4.64. The van der Waals surface area contributed by atoms with Gasteiger partial charge >= 0.3 is 0 Å². The topological polar surface area (TPSA) is 75.6 Å². The molecular formula is C25H20N6S. The molecule has 3 heterocycles. The van der Waals surface area contributed by atoms with Crippen molar-refractivity contribution in [2.24, 2.45) is 0 Å². The van der Waals surface area contributed by atoms with Crippen LogP contribution < -0.4 is 10.6 Å². The number of anilines is 4. The zero-order chi connectivity index (χ0) is 21.8. The second-order valence-electron chi connectivity index (χ2n) is 7.13. The van der Waals surface area contributed by atoms with Crippen molar-refractivity contribution in [3.05, 3.63) is 96.1 Å². The summed E-state index contributed by atoms with van der Waals surface area (Å²) < 4.78 is 0. The van der Waals surface area contributed by atoms with Crippen LogP contribution in [0.1, 0.15) is 4.88 Å². The Morgan fingerprint density at radius 3 is 1.91 bits per heavy atom. The number of thiophene rings is 1. The normalized spacial score (nSPS) is 10.7. The van der Waals surface area contributed by atoms with Gasteiger partial charge in [0, 0.05) is 34.2 Å². The van der Waals surface area contributed by atoms with Gasteiger partial charge < -0.3 is 10.6 Å². The highest BCUT2D eigenvalue weighted by atomic mass is 32.1. The molecule has 0 atom stereocenters. The molecule has 0 unspecified atom stereocenters. The van der Waals surface area contributed by atoms with E-state index in [9.17, 15) is 0 Å². The molecule has 0 fully saturated rings. The minimum Gasteiger partial charge on any atom is -0.324 e. The molecule has 7 heteroatoms. The van der Waals surface area contributed by atoms with Gasteiger partial charge in [0.15, 0.2) is 0 Å². The fraction of sp³-hybridized carbons (Fsp3) is 0.0400. The summed E-state index contributed by atoms with van der Waals surface area (Å²) in [5, 5.41) is 6.51. The first-order valence-electron chi connectivity index (χ1n) is 10.2. The summed E-state index contributed by atoms with van der Waals surface area (Å²) in [4.78, 5) is 20.3. The third-order valence-electron chi connectivity index (χ3n) is 4.77. The molecule has 2 aromatic carbocycles. The lowest BCUT2D eigenvalue weighted by Crippen LogP contribution is -1.98. The number of benzene rings is 2. The number of aromatic nitrogens is 4. The average molecular weight is 437 g/mol. The largest absolute Gasteiger partial charge is 0.324 e. The van der Waals surface area contributed by atoms with E-state index in [1.54, 1.807) is 23.7 Å². The molecule has 5 rings (SSSR count). The van der Waals surface area contributed by atoms with Crippen LogP contribution in [0.3, 0.4) is 0 Å². The fourth-order valence-electron chi connectivity index (χ4n) is 3.21. The quantitative estimate of drug-likeness (QED) is 0.318. The molecule has 0 amide bonds. The number of hydrogen-bond acceptors (Lipinski definition) is 7. The molecule has 3 aromatic heterocycles. The predicted molar refractivity (Wildman–Crippen MR) is 131 cm³/mol. The molecule has 0 saturated heterocycles. The second-order valence-corrected chi connectivity index (χ2v) is 8.42. The lowest BCUT2D eigenvalue weighted by molar-refractivity contribution is 1.17. The van der Waals surface area contributed by atoms with Crippen molar-refractivity contribution in [3.8, 4) is 21.8 Å². The molecule has 0 radical (unpaired) electrons. The summed E-state index contributed by atoms with van der Waals surface area (Å²) >= 11 is 1.72. The van der Waals surface area contributed by atoms with E-state index in [0.717, 1.165) is 33.2 Å². The minimum absolute atomic E-state index is 0.560. The van der Waals surface area contributed by atoms with Crippen molar-refractivity contribution >= 4 is 34.6 Å². The maximum atomic E-state index is 4.64. The Morgan fingerprint density at radius 1 is 0.625 bits per heavy atom. The van der Waals surface area contributed by atoms with Crippen LogP contribution in [0, 0.1) is 6.92 Å². The summed E-state index contributed by atoms with van der Waals surface area (Å²) in [7, 11) is 0. The molecule has 5 aromatic rings. The van der Waals surface area contributed by atoms with E-state index < -0.39 is 0 Å². The van der Waals surface area contributed by atoms with Gasteiger partial charge in [0.05, 0.1) is 16.3 Å². The first kappa shape index (κ1) is 19.8. The van der Waals surface area contributed by atoms with Gasteiger partial charge in [0.2, 0.25) is 11.9 Å². The van der Waals surface area contributed by atoms with Gasteiger partial charge in [-0.2, -0.15) is 0 Å². The van der Waals surface area contributed by atoms with Crippen molar-refractivity contribution in [2.75, 3.05) is 10.6 Å². The van der Waals surface area contributed by atoms with E-state index in [4.69, 9.17) is 0 Å². The third-order valence-corrected chi connectivity index (χ3v) is 5.79. The average Bonchev–Trinajstić information content (AvgIpc) is 3.27. The molecule has 0 bridgehead atoms. The number of hydrogen-bond donors (Lipinski definition) is 2. The Kier molecular flexibility index (Phi) is 5.55. The fourth-order valence-corrected chi connectivity index (χ4v) is 4.05. The summed E-state index contributed by atoms with van der Waals surface area (Å²) in [5.74, 6) is 1.13. The molecule has 0 aliphatic carbocycles. The smallest absolute Gasteiger partial charge is 0.227 e. The van der Waals surface area contributed by atoms with Gasteiger partial charge in [0.1, 0.15) is 0 Å². The van der Waals surface area contributed by atoms with E-state index in [-0.39, 0.29) is 0 Å². The number of nitrogens with zero attached hydrogens (tertiary/aromatic N) is 4. The van der Waals surface area contributed by atoms with Gasteiger partial charge in [-0.05, 0) is 55.5 Å². The zero-order valence-electron chi connectivity index (χ0n) is 17.4. The van der Waals surface area contributed by atoms with Crippen LogP contribution >= 0.6 is 11.3 Å². The van der Waals surface area contributed by atoms with Crippen molar-refractivity contribution in [1.82, 2.24) is 19.9 Å². The summed E-state index contributed by atoms with van der Waals surface area (Å²) in [5.41, 5.74) is 4.61. The molecular weight excluding hydrogens is 416 g/mol. The van der Waals surface area contributed by atoms with Crippen molar-refractivity contribution in [3.63, 3.8) is 0 Å². The number of rotatable bonds is 6. The van der Waals surface area contributed by atoms with Crippen molar-refractivity contribution < 1.29 is 0 Å². The van der Waals surface area contributed by atoms with Gasteiger partial charge in [0.25, 0.3) is 0 Å². The summed E-state index contributed by atoms with van der Waals surface area (Å²) in [6.07, 6.45) is 3.53. The van der Waals surface area contributed by atoms with Crippen molar-refractivity contribution in [2.45, 2.75) is 6.92 Å². The van der Waals surface area contributed by atoms with Gasteiger partial charge in [-0.1, -0.05) is 30.3 Å². The Labute approximate surface area is 190 Å². The third kappa shape index (κ3) is 4.63. The Bertz CT molecular complexity index is 1330. The van der Waals surface area contributed by atoms with E-state index in [1.165, 1.54) is 4.88 Å². The highest BCUT2D eigenvalue weighted by Gasteiger charge is 2.07. The molecule has 156 valence electrons. The van der Waals surface area contributed by atoms with Gasteiger partial charge in [-0.15, -0.1) is 11.3 Å². The molecule has 0 aliphatic heterocycles. The first-order chi connectivity index (χ1) is 15.7. The van der Waals surface area contributed by atoms with Crippen LogP contribution in [0.15, 0.2) is 91.3 Å². The van der Waals surface area contributed by atoms with E-state index >= 15 is 0 Å². The molecule has 32 heavy (non-hydrogen) atoms. The minimum atomic E-state index is 0.560. The summed E-state index contributed by atoms with van der Waals surface area (Å²) in [6, 6.07) is 25.9. The van der Waals surface area contributed by atoms with Gasteiger partial charge in [-0.25, -0.2) is 19.9 Å². The number of para-hydroxylation sites is 1. The van der Waals surface area contributed by atoms with Gasteiger partial charge in [-0.3, -0.25) is 0 Å². The van der Waals surface area contributed by atoms with Crippen LogP contribution in [0.25, 0.3) is 21.8 Å². The SMILES string of the molecule is Cc1ccc(-c2ccnc(Nc3ccc(-c4ccnc(Nc5ccccc5)n4)cc3)n2)s1. The van der Waals surface area contributed by atoms with Crippen LogP contribution in [-0.4, -0.2) is 19.9 Å². The Hall–Kier alpha value is -4.10. The van der Waals surface area contributed by atoms with E-state index in [1.807, 2.05) is 66.7 Å². The van der Waals surface area contributed by atoms with Crippen LogP contribution in [0.4, 0.5) is 23.3 Å². The standard InChI is InChI=1S/C25H20N6S/c1-17-7-12-23(32-17)22-14-16-27-25(31-22)29-20-10-8-18(9-11-20)21-13-15-26-24(30-21)28-19-5-3-2-4-6-19/h2-16H,1H3,(H,26,28,30)(H,27,29,31). The number of aryl methyl sites for hydroxylation is 1. The number of nitrogens with one attached hydrogen (secondary N) is 2. The van der Waals surface area contributed by atoms with E-state index in [0.29, 0.717) is 11.9 Å². The van der Waals surface area contributed by atoms with Crippen molar-refractivity contribution in [1.29, 1.82) is 0 Å². The molecule has 6 nitrogen and oxygen atoms in total. The first-order valence-corrected chi connectivity index (χ1v) is 11.0. The highest BCUT2D eigenvalue weighted by Crippen LogP contribution is 2.27. The maximum Gasteiger partial charge on any atom is 0.227 e. The van der Waals surface area contributed by atoms with Crippen LogP contribution in [0.5, 0.6) is 0 Å². The lowest BCUT2D eigenvalue weighted by Gasteiger charge is -2.08. The van der Waals surface area contributed by atoms with Crippen LogP contribution in [-0.2, 0) is 0 Å². The molecule has 2 N–H and O–H groups in total. The molecule has 0 saturated carbocycles. The highest BCUT2D eigenvalue weighted by molar-refractivity contribution is 7.15. The molecule has 0 aliphatic rings. The zero-order valence-corrected chi connectivity index (χ0v) is 18.2. The van der Waals surface area contributed by atoms with E-state index in [2.05, 4.69) is 49.6 Å². The Morgan fingerprint density at radius 2 is 1.25 bits per heavy atom. The summed E-state index contributed by atoms with van der Waals surface area (Å²) in [6.45, 7) is 2.09. The predicted octanol–water partition coefficient (Wildman–Crippen LogP) is 6.46. The van der Waals surface area contributed by atoms with Crippen LogP contribution in [0.2, 0.25) is 0 Å².